The first-order valence-electron chi connectivity index (χ1n) is 7.05. The lowest BCUT2D eigenvalue weighted by Gasteiger charge is -2.28. The molecule has 2 atom stereocenters. The maximum atomic E-state index is 12.0. The average molecular weight is 305 g/mol. The zero-order valence-electron chi connectivity index (χ0n) is 12.5. The molecule has 0 saturated carbocycles. The molecule has 1 heterocycles. The fourth-order valence-electron chi connectivity index (χ4n) is 2.37. The van der Waals surface area contributed by atoms with E-state index in [4.69, 9.17) is 4.74 Å². The normalized spacial score (nSPS) is 20.8. The van der Waals surface area contributed by atoms with Crippen LogP contribution < -0.4 is 20.7 Å². The van der Waals surface area contributed by atoms with Crippen molar-refractivity contribution in [3.05, 3.63) is 24.3 Å². The van der Waals surface area contributed by atoms with Crippen LogP contribution in [0.25, 0.3) is 0 Å². The van der Waals surface area contributed by atoms with Gasteiger partial charge in [-0.25, -0.2) is 4.79 Å². The van der Waals surface area contributed by atoms with E-state index < -0.39 is 11.9 Å². The second kappa shape index (κ2) is 6.93. The SMILES string of the molecule is COc1cccc(NC(=O)CCC2C(=O)NC(=O)NC2C)c1. The van der Waals surface area contributed by atoms with Gasteiger partial charge in [0, 0.05) is 24.2 Å². The Morgan fingerprint density at radius 1 is 1.36 bits per heavy atom. The molecule has 7 heteroatoms. The van der Waals surface area contributed by atoms with Gasteiger partial charge in [0.1, 0.15) is 5.75 Å². The number of benzene rings is 1. The Morgan fingerprint density at radius 3 is 2.82 bits per heavy atom. The molecule has 3 N–H and O–H groups in total. The first-order chi connectivity index (χ1) is 10.5. The number of methoxy groups -OCH3 is 1. The van der Waals surface area contributed by atoms with Crippen molar-refractivity contribution in [3.63, 3.8) is 0 Å². The summed E-state index contributed by atoms with van der Waals surface area (Å²) in [7, 11) is 1.55. The van der Waals surface area contributed by atoms with Crippen LogP contribution in [0.3, 0.4) is 0 Å². The van der Waals surface area contributed by atoms with Crippen molar-refractivity contribution >= 4 is 23.5 Å². The molecule has 4 amide bonds. The number of urea groups is 1. The van der Waals surface area contributed by atoms with Crippen molar-refractivity contribution in [3.8, 4) is 5.75 Å². The molecule has 2 rings (SSSR count). The van der Waals surface area contributed by atoms with E-state index in [9.17, 15) is 14.4 Å². The van der Waals surface area contributed by atoms with E-state index >= 15 is 0 Å². The third kappa shape index (κ3) is 3.97. The molecule has 1 aliphatic heterocycles. The molecule has 22 heavy (non-hydrogen) atoms. The van der Waals surface area contributed by atoms with E-state index in [1.54, 1.807) is 38.3 Å². The first kappa shape index (κ1) is 15.8. The summed E-state index contributed by atoms with van der Waals surface area (Å²) < 4.78 is 5.09. The number of imide groups is 1. The van der Waals surface area contributed by atoms with Crippen molar-refractivity contribution in [2.75, 3.05) is 12.4 Å². The third-order valence-corrected chi connectivity index (χ3v) is 3.57. The highest BCUT2D eigenvalue weighted by atomic mass is 16.5. The molecule has 0 aromatic heterocycles. The zero-order chi connectivity index (χ0) is 16.1. The number of hydrogen-bond acceptors (Lipinski definition) is 4. The quantitative estimate of drug-likeness (QED) is 0.763. The Morgan fingerprint density at radius 2 is 2.14 bits per heavy atom. The van der Waals surface area contributed by atoms with Crippen LogP contribution in [0, 0.1) is 5.92 Å². The summed E-state index contributed by atoms with van der Waals surface area (Å²) >= 11 is 0. The lowest BCUT2D eigenvalue weighted by atomic mass is 9.93. The van der Waals surface area contributed by atoms with Crippen LogP contribution >= 0.6 is 0 Å². The zero-order valence-corrected chi connectivity index (χ0v) is 12.5. The van der Waals surface area contributed by atoms with Gasteiger partial charge in [0.25, 0.3) is 0 Å². The number of ether oxygens (including phenoxy) is 1. The van der Waals surface area contributed by atoms with Gasteiger partial charge in [0.2, 0.25) is 11.8 Å². The number of carbonyl (C=O) groups excluding carboxylic acids is 3. The fourth-order valence-corrected chi connectivity index (χ4v) is 2.37. The molecule has 0 radical (unpaired) electrons. The minimum atomic E-state index is -0.491. The molecule has 7 nitrogen and oxygen atoms in total. The summed E-state index contributed by atoms with van der Waals surface area (Å²) in [5, 5.41) is 7.60. The summed E-state index contributed by atoms with van der Waals surface area (Å²) in [6, 6.07) is 6.26. The largest absolute Gasteiger partial charge is 0.497 e. The van der Waals surface area contributed by atoms with Gasteiger partial charge in [0.15, 0.2) is 0 Å². The topological polar surface area (TPSA) is 96.5 Å². The molecule has 2 unspecified atom stereocenters. The van der Waals surface area contributed by atoms with Crippen molar-refractivity contribution < 1.29 is 19.1 Å². The molecular formula is C15H19N3O4. The van der Waals surface area contributed by atoms with Crippen LogP contribution in [0.1, 0.15) is 19.8 Å². The van der Waals surface area contributed by atoms with Gasteiger partial charge >= 0.3 is 6.03 Å². The smallest absolute Gasteiger partial charge is 0.321 e. The highest BCUT2D eigenvalue weighted by Gasteiger charge is 2.32. The third-order valence-electron chi connectivity index (χ3n) is 3.57. The van der Waals surface area contributed by atoms with E-state index in [1.807, 2.05) is 0 Å². The lowest BCUT2D eigenvalue weighted by Crippen LogP contribution is -2.57. The van der Waals surface area contributed by atoms with E-state index in [1.165, 1.54) is 0 Å². The van der Waals surface area contributed by atoms with Crippen LogP contribution in [0.15, 0.2) is 24.3 Å². The van der Waals surface area contributed by atoms with Crippen LogP contribution in [-0.4, -0.2) is 31.0 Å². The molecule has 0 bridgehead atoms. The average Bonchev–Trinajstić information content (AvgIpc) is 2.46. The van der Waals surface area contributed by atoms with Gasteiger partial charge in [-0.05, 0) is 25.5 Å². The maximum absolute atomic E-state index is 12.0. The summed E-state index contributed by atoms with van der Waals surface area (Å²) in [5.74, 6) is -0.287. The van der Waals surface area contributed by atoms with Crippen molar-refractivity contribution in [1.29, 1.82) is 0 Å². The molecular weight excluding hydrogens is 286 g/mol. The highest BCUT2D eigenvalue weighted by molar-refractivity contribution is 5.99. The first-order valence-corrected chi connectivity index (χ1v) is 7.05. The molecule has 1 aliphatic rings. The summed E-state index contributed by atoms with van der Waals surface area (Å²) in [6.07, 6.45) is 0.554. The number of rotatable bonds is 5. The van der Waals surface area contributed by atoms with Gasteiger partial charge in [-0.15, -0.1) is 0 Å². The summed E-state index contributed by atoms with van der Waals surface area (Å²) in [4.78, 5) is 34.8. The predicted octanol–water partition coefficient (Wildman–Crippen LogP) is 1.26. The summed E-state index contributed by atoms with van der Waals surface area (Å²) in [5.41, 5.74) is 0.638. The van der Waals surface area contributed by atoms with Crippen LogP contribution in [0.4, 0.5) is 10.5 Å². The van der Waals surface area contributed by atoms with Crippen molar-refractivity contribution in [1.82, 2.24) is 10.6 Å². The minimum Gasteiger partial charge on any atom is -0.497 e. The van der Waals surface area contributed by atoms with Gasteiger partial charge in [-0.2, -0.15) is 0 Å². The molecule has 0 spiro atoms. The number of nitrogens with one attached hydrogen (secondary N) is 3. The van der Waals surface area contributed by atoms with E-state index in [0.29, 0.717) is 17.9 Å². The van der Waals surface area contributed by atoms with E-state index in [-0.39, 0.29) is 24.3 Å². The van der Waals surface area contributed by atoms with Gasteiger partial charge < -0.3 is 15.4 Å². The Bertz CT molecular complexity index is 588. The van der Waals surface area contributed by atoms with E-state index in [0.717, 1.165) is 0 Å². The van der Waals surface area contributed by atoms with Crippen LogP contribution in [0.5, 0.6) is 5.75 Å². The number of hydrogen-bond donors (Lipinski definition) is 3. The number of amides is 4. The van der Waals surface area contributed by atoms with Crippen LogP contribution in [0.2, 0.25) is 0 Å². The predicted molar refractivity (Wildman–Crippen MR) is 80.5 cm³/mol. The molecule has 1 fully saturated rings. The molecule has 0 aliphatic carbocycles. The van der Waals surface area contributed by atoms with Gasteiger partial charge in [-0.1, -0.05) is 6.07 Å². The van der Waals surface area contributed by atoms with Crippen molar-refractivity contribution in [2.24, 2.45) is 5.92 Å². The second-order valence-corrected chi connectivity index (χ2v) is 5.18. The second-order valence-electron chi connectivity index (χ2n) is 5.18. The number of anilines is 1. The minimum absolute atomic E-state index is 0.190. The van der Waals surface area contributed by atoms with Crippen molar-refractivity contribution in [2.45, 2.75) is 25.8 Å². The Balaban J connectivity index is 1.87. The Hall–Kier alpha value is -2.57. The number of carbonyl (C=O) groups is 3. The van der Waals surface area contributed by atoms with Crippen LogP contribution in [-0.2, 0) is 9.59 Å². The molecule has 1 aromatic rings. The Labute approximate surface area is 128 Å². The lowest BCUT2D eigenvalue weighted by molar-refractivity contribution is -0.126. The maximum Gasteiger partial charge on any atom is 0.321 e. The molecule has 1 saturated heterocycles. The fraction of sp³-hybridized carbons (Fsp3) is 0.400. The molecule has 118 valence electrons. The molecule has 1 aromatic carbocycles. The summed E-state index contributed by atoms with van der Waals surface area (Å²) in [6.45, 7) is 1.75. The monoisotopic (exact) mass is 305 g/mol. The van der Waals surface area contributed by atoms with Gasteiger partial charge in [-0.3, -0.25) is 14.9 Å². The van der Waals surface area contributed by atoms with Gasteiger partial charge in [0.05, 0.1) is 13.0 Å². The van der Waals surface area contributed by atoms with E-state index in [2.05, 4.69) is 16.0 Å². The highest BCUT2D eigenvalue weighted by Crippen LogP contribution is 2.19. The Kier molecular flexibility index (Phi) is 4.98. The standard InChI is InChI=1S/C15H19N3O4/c1-9-12(14(20)18-15(21)16-9)6-7-13(19)17-10-4-3-5-11(8-10)22-2/h3-5,8-9,12H,6-7H2,1-2H3,(H,17,19)(H2,16,18,20,21).